The van der Waals surface area contributed by atoms with Crippen molar-refractivity contribution in [1.29, 1.82) is 0 Å². The van der Waals surface area contributed by atoms with Gasteiger partial charge >= 0.3 is 6.03 Å². The third-order valence-corrected chi connectivity index (χ3v) is 6.30. The maximum Gasteiger partial charge on any atom is 0.326 e. The van der Waals surface area contributed by atoms with Crippen LogP contribution in [0.3, 0.4) is 0 Å². The van der Waals surface area contributed by atoms with E-state index in [1.807, 2.05) is 36.4 Å². The summed E-state index contributed by atoms with van der Waals surface area (Å²) < 4.78 is 0. The molecule has 0 aromatic heterocycles. The molecular weight excluding hydrogens is 396 g/mol. The van der Waals surface area contributed by atoms with E-state index in [1.54, 1.807) is 23.9 Å². The average molecular weight is 423 g/mol. The van der Waals surface area contributed by atoms with Crippen molar-refractivity contribution >= 4 is 34.6 Å². The number of nitrogens with zero attached hydrogens (tertiary/aromatic N) is 2. The Hall–Kier alpha value is -2.80. The van der Waals surface area contributed by atoms with Gasteiger partial charge in [0.15, 0.2) is 5.17 Å². The van der Waals surface area contributed by atoms with Crippen LogP contribution in [-0.2, 0) is 5.41 Å². The van der Waals surface area contributed by atoms with Crippen molar-refractivity contribution in [2.45, 2.75) is 32.2 Å². The normalized spacial score (nSPS) is 18.0. The number of carbonyl (C=O) groups excluding carboxylic acids is 2. The number of anilines is 1. The third-order valence-electron chi connectivity index (χ3n) is 5.29. The van der Waals surface area contributed by atoms with E-state index in [9.17, 15) is 9.59 Å². The van der Waals surface area contributed by atoms with Gasteiger partial charge in [-0.3, -0.25) is 15.1 Å². The van der Waals surface area contributed by atoms with Crippen LogP contribution in [-0.4, -0.2) is 40.8 Å². The third kappa shape index (κ3) is 4.51. The van der Waals surface area contributed by atoms with Crippen molar-refractivity contribution in [3.63, 3.8) is 0 Å². The van der Waals surface area contributed by atoms with Crippen LogP contribution in [0.5, 0.6) is 0 Å². The summed E-state index contributed by atoms with van der Waals surface area (Å²) in [4.78, 5) is 31.8. The molecule has 4 rings (SSSR count). The molecular formula is C23H26N4O2S. The van der Waals surface area contributed by atoms with Crippen molar-refractivity contribution in [3.05, 3.63) is 65.2 Å². The minimum atomic E-state index is -0.550. The van der Waals surface area contributed by atoms with Crippen molar-refractivity contribution in [3.8, 4) is 0 Å². The molecule has 1 saturated heterocycles. The Morgan fingerprint density at radius 2 is 1.90 bits per heavy atom. The molecule has 2 N–H and O–H groups in total. The summed E-state index contributed by atoms with van der Waals surface area (Å²) in [5, 5.41) is 6.26. The van der Waals surface area contributed by atoms with Crippen LogP contribution < -0.4 is 10.6 Å². The lowest BCUT2D eigenvalue weighted by Gasteiger charge is -2.19. The number of carbonyl (C=O) groups is 2. The molecule has 0 aliphatic carbocycles. The number of hydrogen-bond acceptors (Lipinski definition) is 5. The van der Waals surface area contributed by atoms with E-state index in [0.717, 1.165) is 35.1 Å². The zero-order chi connectivity index (χ0) is 21.3. The van der Waals surface area contributed by atoms with E-state index in [4.69, 9.17) is 4.99 Å². The molecule has 0 saturated carbocycles. The molecule has 0 spiro atoms. The number of benzene rings is 2. The number of nitrogens with one attached hydrogen (secondary N) is 2. The fraction of sp³-hybridized carbons (Fsp3) is 0.348. The molecule has 7 heteroatoms. The second-order valence-electron chi connectivity index (χ2n) is 8.58. The molecule has 2 heterocycles. The van der Waals surface area contributed by atoms with Gasteiger partial charge in [0.2, 0.25) is 0 Å². The van der Waals surface area contributed by atoms with Crippen LogP contribution in [0, 0.1) is 0 Å². The molecule has 1 atom stereocenters. The molecule has 3 amide bonds. The summed E-state index contributed by atoms with van der Waals surface area (Å²) in [6.07, 6.45) is 0. The second-order valence-corrected chi connectivity index (χ2v) is 9.65. The zero-order valence-electron chi connectivity index (χ0n) is 17.4. The largest absolute Gasteiger partial charge is 0.348 e. The first kappa shape index (κ1) is 20.5. The van der Waals surface area contributed by atoms with Crippen molar-refractivity contribution in [2.75, 3.05) is 24.2 Å². The van der Waals surface area contributed by atoms with Gasteiger partial charge in [-0.25, -0.2) is 4.79 Å². The number of urea groups is 1. The summed E-state index contributed by atoms with van der Waals surface area (Å²) in [5.41, 5.74) is 3.29. The summed E-state index contributed by atoms with van der Waals surface area (Å²) in [5.74, 6) is 0.671. The van der Waals surface area contributed by atoms with E-state index < -0.39 is 11.9 Å². The van der Waals surface area contributed by atoms with E-state index >= 15 is 0 Å². The van der Waals surface area contributed by atoms with Crippen LogP contribution in [0.4, 0.5) is 10.5 Å². The number of rotatable bonds is 3. The molecule has 30 heavy (non-hydrogen) atoms. The van der Waals surface area contributed by atoms with Crippen LogP contribution in [0.15, 0.2) is 53.5 Å². The number of aliphatic imine (C=N–C) groups is 1. The van der Waals surface area contributed by atoms with Crippen molar-refractivity contribution in [2.24, 2.45) is 4.99 Å². The highest BCUT2D eigenvalue weighted by Crippen LogP contribution is 2.33. The number of hydrogen-bond donors (Lipinski definition) is 2. The van der Waals surface area contributed by atoms with Gasteiger partial charge < -0.3 is 10.2 Å². The molecule has 2 aromatic rings. The molecule has 0 bridgehead atoms. The lowest BCUT2D eigenvalue weighted by Crippen LogP contribution is -2.34. The number of fused-ring (bicyclic) bond motifs is 1. The Morgan fingerprint density at radius 3 is 2.60 bits per heavy atom. The summed E-state index contributed by atoms with van der Waals surface area (Å²) >= 11 is 1.79. The lowest BCUT2D eigenvalue weighted by molar-refractivity contribution is 0.0967. The Kier molecular flexibility index (Phi) is 5.56. The first-order valence-corrected chi connectivity index (χ1v) is 11.1. The van der Waals surface area contributed by atoms with Gasteiger partial charge in [0.1, 0.15) is 0 Å². The van der Waals surface area contributed by atoms with Gasteiger partial charge in [-0.05, 0) is 40.8 Å². The number of thioether (sulfide) groups is 1. The highest BCUT2D eigenvalue weighted by molar-refractivity contribution is 8.14. The standard InChI is InChI=1S/C23H26N4O2S/c1-23(2,3)17-9-7-15(8-10-17)20(28)26-21(29)24-18-6-4-5-16(13-18)19-14-27-11-12-30-22(27)25-19/h4-10,13,19H,11-12,14H2,1-3H3,(H2,24,26,28,29)/t19-/m1/s1. The maximum atomic E-state index is 12.4. The smallest absolute Gasteiger partial charge is 0.326 e. The fourth-order valence-electron chi connectivity index (χ4n) is 3.57. The van der Waals surface area contributed by atoms with Crippen LogP contribution in [0.2, 0.25) is 0 Å². The van der Waals surface area contributed by atoms with Crippen LogP contribution in [0.1, 0.15) is 48.3 Å². The number of amides is 3. The molecule has 0 radical (unpaired) electrons. The molecule has 2 aromatic carbocycles. The Morgan fingerprint density at radius 1 is 1.13 bits per heavy atom. The highest BCUT2D eigenvalue weighted by Gasteiger charge is 2.30. The van der Waals surface area contributed by atoms with Gasteiger partial charge in [-0.2, -0.15) is 0 Å². The fourth-order valence-corrected chi connectivity index (χ4v) is 4.61. The molecule has 2 aliphatic heterocycles. The van der Waals surface area contributed by atoms with Crippen LogP contribution in [0.25, 0.3) is 0 Å². The monoisotopic (exact) mass is 422 g/mol. The van der Waals surface area contributed by atoms with Gasteiger partial charge in [-0.1, -0.05) is 56.8 Å². The summed E-state index contributed by atoms with van der Waals surface area (Å²) in [6.45, 7) is 8.26. The summed E-state index contributed by atoms with van der Waals surface area (Å²) in [6, 6.07) is 14.5. The SMILES string of the molecule is CC(C)(C)c1ccc(C(=O)NC(=O)Nc2cccc([C@H]3CN4CCSC4=N3)c2)cc1. The van der Waals surface area contributed by atoms with E-state index in [2.05, 4.69) is 36.3 Å². The Balaban J connectivity index is 1.37. The Bertz CT molecular complexity index is 995. The predicted molar refractivity (Wildman–Crippen MR) is 122 cm³/mol. The predicted octanol–water partition coefficient (Wildman–Crippen LogP) is 4.41. The molecule has 1 fully saturated rings. The minimum Gasteiger partial charge on any atom is -0.348 e. The summed E-state index contributed by atoms with van der Waals surface area (Å²) in [7, 11) is 0. The Labute approximate surface area is 181 Å². The zero-order valence-corrected chi connectivity index (χ0v) is 18.3. The lowest BCUT2D eigenvalue weighted by atomic mass is 9.87. The number of imide groups is 1. The van der Waals surface area contributed by atoms with E-state index in [0.29, 0.717) is 11.3 Å². The second kappa shape index (κ2) is 8.14. The van der Waals surface area contributed by atoms with Gasteiger partial charge in [0.05, 0.1) is 6.04 Å². The van der Waals surface area contributed by atoms with Gasteiger partial charge in [0, 0.05) is 30.1 Å². The van der Waals surface area contributed by atoms with E-state index in [1.165, 1.54) is 0 Å². The average Bonchev–Trinajstić information content (AvgIpc) is 3.30. The molecule has 2 aliphatic rings. The maximum absolute atomic E-state index is 12.4. The topological polar surface area (TPSA) is 73.8 Å². The molecule has 0 unspecified atom stereocenters. The van der Waals surface area contributed by atoms with Crippen molar-refractivity contribution < 1.29 is 9.59 Å². The quantitative estimate of drug-likeness (QED) is 0.769. The van der Waals surface area contributed by atoms with E-state index in [-0.39, 0.29) is 11.5 Å². The first-order chi connectivity index (χ1) is 14.3. The van der Waals surface area contributed by atoms with Crippen molar-refractivity contribution in [1.82, 2.24) is 10.2 Å². The molecule has 6 nitrogen and oxygen atoms in total. The minimum absolute atomic E-state index is 0.00978. The molecule has 156 valence electrons. The highest BCUT2D eigenvalue weighted by atomic mass is 32.2. The number of amidine groups is 1. The van der Waals surface area contributed by atoms with Crippen LogP contribution >= 0.6 is 11.8 Å². The first-order valence-electron chi connectivity index (χ1n) is 10.1. The van der Waals surface area contributed by atoms with Gasteiger partial charge in [-0.15, -0.1) is 0 Å². The van der Waals surface area contributed by atoms with Gasteiger partial charge in [0.25, 0.3) is 5.91 Å².